The average molecular weight is 181 g/mol. The van der Waals surface area contributed by atoms with Crippen LogP contribution in [0.2, 0.25) is 0 Å². The van der Waals surface area contributed by atoms with Crippen LogP contribution in [0.1, 0.15) is 0 Å². The molecular weight excluding hydrogens is 177 g/mol. The fraction of sp³-hybridized carbons (Fsp3) is 0. The van der Waals surface area contributed by atoms with Gasteiger partial charge in [-0.15, -0.1) is 10.0 Å². The maximum Gasteiger partial charge on any atom is 0.189 e. The van der Waals surface area contributed by atoms with Crippen molar-refractivity contribution in [1.82, 2.24) is 14.9 Å². The minimum Gasteiger partial charge on any atom is -0.382 e. The molecule has 6 nitrogen and oxygen atoms in total. The molecule has 2 N–H and O–H groups in total. The average Bonchev–Trinajstić information content (AvgIpc) is 2.43. The largest absolute Gasteiger partial charge is 0.382 e. The lowest BCUT2D eigenvalue weighted by Crippen LogP contribution is -1.91. The van der Waals surface area contributed by atoms with Crippen LogP contribution < -0.4 is 5.73 Å². The highest BCUT2D eigenvalue weighted by Crippen LogP contribution is 2.18. The van der Waals surface area contributed by atoms with Gasteiger partial charge in [-0.05, 0) is 6.07 Å². The van der Waals surface area contributed by atoms with Crippen molar-refractivity contribution >= 4 is 16.9 Å². The number of nitrogens with zero attached hydrogens (tertiary/aromatic N) is 4. The Bertz CT molecular complexity index is 479. The van der Waals surface area contributed by atoms with Crippen LogP contribution in [0.3, 0.4) is 0 Å². The molecule has 0 unspecified atom stereocenters. The van der Waals surface area contributed by atoms with E-state index < -0.39 is 5.82 Å². The monoisotopic (exact) mass is 181 g/mol. The Kier molecular flexibility index (Phi) is 1.44. The number of halogens is 1. The van der Waals surface area contributed by atoms with Crippen molar-refractivity contribution in [3.05, 3.63) is 23.0 Å². The van der Waals surface area contributed by atoms with Crippen LogP contribution in [0.4, 0.5) is 10.2 Å². The molecule has 2 aromatic heterocycles. The van der Waals surface area contributed by atoms with Crippen LogP contribution in [-0.2, 0) is 0 Å². The SMILES string of the molecule is Nc1nn(N=O)c2ncc(F)cc12. The van der Waals surface area contributed by atoms with Crippen molar-refractivity contribution in [3.8, 4) is 0 Å². The van der Waals surface area contributed by atoms with Gasteiger partial charge in [-0.25, -0.2) is 9.37 Å². The topological polar surface area (TPSA) is 86.2 Å². The number of nitroso groups, excluding NO2 is 1. The summed E-state index contributed by atoms with van der Waals surface area (Å²) in [5.74, 6) is -0.508. The van der Waals surface area contributed by atoms with Gasteiger partial charge in [0.25, 0.3) is 0 Å². The van der Waals surface area contributed by atoms with Crippen LogP contribution in [0.25, 0.3) is 11.0 Å². The second-order valence-electron chi connectivity index (χ2n) is 2.38. The lowest BCUT2D eigenvalue weighted by atomic mass is 10.3. The van der Waals surface area contributed by atoms with Crippen molar-refractivity contribution in [2.24, 2.45) is 5.29 Å². The molecule has 0 atom stereocenters. The molecule has 0 fully saturated rings. The van der Waals surface area contributed by atoms with E-state index in [1.165, 1.54) is 0 Å². The molecule has 0 radical (unpaired) electrons. The van der Waals surface area contributed by atoms with Gasteiger partial charge in [0.2, 0.25) is 0 Å². The quantitative estimate of drug-likeness (QED) is 0.655. The van der Waals surface area contributed by atoms with Gasteiger partial charge in [0, 0.05) is 0 Å². The third-order valence-corrected chi connectivity index (χ3v) is 1.58. The molecule has 0 amide bonds. The van der Waals surface area contributed by atoms with E-state index >= 15 is 0 Å². The van der Waals surface area contributed by atoms with Crippen molar-refractivity contribution in [1.29, 1.82) is 0 Å². The van der Waals surface area contributed by atoms with Gasteiger partial charge < -0.3 is 5.73 Å². The first-order valence-electron chi connectivity index (χ1n) is 3.36. The number of pyridine rings is 1. The Morgan fingerprint density at radius 3 is 3.08 bits per heavy atom. The fourth-order valence-electron chi connectivity index (χ4n) is 1.04. The highest BCUT2D eigenvalue weighted by atomic mass is 19.1. The Hall–Kier alpha value is -2.05. The Morgan fingerprint density at radius 1 is 1.62 bits per heavy atom. The fourth-order valence-corrected chi connectivity index (χ4v) is 1.04. The molecular formula is C6H4FN5O. The third-order valence-electron chi connectivity index (χ3n) is 1.58. The number of nitrogen functional groups attached to an aromatic ring is 1. The van der Waals surface area contributed by atoms with Gasteiger partial charge in [-0.2, -0.15) is 0 Å². The van der Waals surface area contributed by atoms with Crippen molar-refractivity contribution < 1.29 is 4.39 Å². The zero-order valence-electron chi connectivity index (χ0n) is 6.31. The van der Waals surface area contributed by atoms with Crippen LogP contribution in [0.15, 0.2) is 17.5 Å². The predicted octanol–water partition coefficient (Wildman–Crippen LogP) is 0.682. The van der Waals surface area contributed by atoms with Crippen LogP contribution >= 0.6 is 0 Å². The van der Waals surface area contributed by atoms with E-state index in [0.29, 0.717) is 4.79 Å². The molecule has 13 heavy (non-hydrogen) atoms. The first-order chi connectivity index (χ1) is 6.22. The maximum absolute atomic E-state index is 12.7. The first-order valence-corrected chi connectivity index (χ1v) is 3.36. The van der Waals surface area contributed by atoms with Crippen molar-refractivity contribution in [2.45, 2.75) is 0 Å². The second-order valence-corrected chi connectivity index (χ2v) is 2.38. The van der Waals surface area contributed by atoms with Gasteiger partial charge in [0.1, 0.15) is 5.82 Å². The van der Waals surface area contributed by atoms with E-state index in [0.717, 1.165) is 12.3 Å². The number of nitrogens with two attached hydrogens (primary N) is 1. The number of aromatic nitrogens is 3. The zero-order valence-corrected chi connectivity index (χ0v) is 6.31. The predicted molar refractivity (Wildman–Crippen MR) is 43.1 cm³/mol. The van der Waals surface area contributed by atoms with Gasteiger partial charge in [0.15, 0.2) is 11.5 Å². The maximum atomic E-state index is 12.7. The summed E-state index contributed by atoms with van der Waals surface area (Å²) in [4.78, 5) is 14.5. The van der Waals surface area contributed by atoms with Crippen LogP contribution in [-0.4, -0.2) is 14.9 Å². The van der Waals surface area contributed by atoms with E-state index in [-0.39, 0.29) is 16.9 Å². The normalized spacial score (nSPS) is 10.5. The van der Waals surface area contributed by atoms with Gasteiger partial charge in [0.05, 0.1) is 16.9 Å². The molecule has 7 heteroatoms. The second kappa shape index (κ2) is 2.47. The number of anilines is 1. The highest BCUT2D eigenvalue weighted by molar-refractivity contribution is 5.86. The van der Waals surface area contributed by atoms with E-state index in [4.69, 9.17) is 5.73 Å². The number of hydrogen-bond acceptors (Lipinski definition) is 5. The smallest absolute Gasteiger partial charge is 0.189 e. The molecule has 0 aliphatic heterocycles. The molecule has 2 heterocycles. The van der Waals surface area contributed by atoms with Crippen LogP contribution in [0.5, 0.6) is 0 Å². The summed E-state index contributed by atoms with van der Waals surface area (Å²) in [5, 5.41) is 6.35. The van der Waals surface area contributed by atoms with Crippen LogP contribution in [0, 0.1) is 10.7 Å². The number of rotatable bonds is 1. The molecule has 2 aromatic rings. The van der Waals surface area contributed by atoms with Gasteiger partial charge in [-0.1, -0.05) is 4.79 Å². The standard InChI is InChI=1S/C6H4FN5O/c7-3-1-4-5(8)10-12(11-13)6(4)9-2-3/h1-2H,(H2,8,10). The molecule has 0 aliphatic carbocycles. The molecule has 0 spiro atoms. The summed E-state index contributed by atoms with van der Waals surface area (Å²) in [5.41, 5.74) is 5.53. The van der Waals surface area contributed by atoms with Crippen molar-refractivity contribution in [2.75, 3.05) is 5.73 Å². The summed E-state index contributed by atoms with van der Waals surface area (Å²) >= 11 is 0. The summed E-state index contributed by atoms with van der Waals surface area (Å²) in [6.07, 6.45) is 0.963. The Morgan fingerprint density at radius 2 is 2.38 bits per heavy atom. The minimum absolute atomic E-state index is 0.0293. The highest BCUT2D eigenvalue weighted by Gasteiger charge is 2.09. The van der Waals surface area contributed by atoms with Crippen molar-refractivity contribution in [3.63, 3.8) is 0 Å². The number of hydrogen-bond donors (Lipinski definition) is 1. The molecule has 2 rings (SSSR count). The minimum atomic E-state index is -0.537. The molecule has 66 valence electrons. The van der Waals surface area contributed by atoms with E-state index in [1.807, 2.05) is 0 Å². The van der Waals surface area contributed by atoms with E-state index in [2.05, 4.69) is 15.4 Å². The Labute approximate surface area is 71.1 Å². The molecule has 0 aromatic carbocycles. The van der Waals surface area contributed by atoms with E-state index in [9.17, 15) is 9.30 Å². The molecule has 0 aliphatic rings. The van der Waals surface area contributed by atoms with Gasteiger partial charge in [-0.3, -0.25) is 0 Å². The number of fused-ring (bicyclic) bond motifs is 1. The summed E-state index contributed by atoms with van der Waals surface area (Å²) in [6.45, 7) is 0. The zero-order chi connectivity index (χ0) is 9.42. The van der Waals surface area contributed by atoms with Gasteiger partial charge >= 0.3 is 0 Å². The lowest BCUT2D eigenvalue weighted by Gasteiger charge is -1.89. The molecule has 0 saturated heterocycles. The molecule has 0 bridgehead atoms. The Balaban J connectivity index is 2.88. The van der Waals surface area contributed by atoms with E-state index in [1.54, 1.807) is 0 Å². The summed E-state index contributed by atoms with van der Waals surface area (Å²) < 4.78 is 12.7. The third kappa shape index (κ3) is 1.01. The first kappa shape index (κ1) is 7.59. The molecule has 0 saturated carbocycles. The lowest BCUT2D eigenvalue weighted by molar-refractivity contribution is 0.623. The summed E-state index contributed by atoms with van der Waals surface area (Å²) in [6, 6.07) is 1.15. The summed E-state index contributed by atoms with van der Waals surface area (Å²) in [7, 11) is 0.